The highest BCUT2D eigenvalue weighted by atomic mass is 127. The molecular weight excluding hydrogens is 395 g/mol. The molecule has 0 aliphatic heterocycles. The Labute approximate surface area is 149 Å². The maximum absolute atomic E-state index is 5.66. The number of halogens is 1. The van der Waals surface area contributed by atoms with Crippen molar-refractivity contribution in [1.29, 1.82) is 0 Å². The Morgan fingerprint density at radius 1 is 1.55 bits per heavy atom. The molecule has 1 aliphatic rings. The third kappa shape index (κ3) is 3.40. The van der Waals surface area contributed by atoms with Crippen LogP contribution in [0.5, 0.6) is 0 Å². The van der Waals surface area contributed by atoms with Crippen LogP contribution in [-0.2, 0) is 11.3 Å². The van der Waals surface area contributed by atoms with Crippen LogP contribution in [0.15, 0.2) is 21.8 Å². The van der Waals surface area contributed by atoms with Gasteiger partial charge in [0.2, 0.25) is 0 Å². The number of ether oxygens (including phenoxy) is 1. The summed E-state index contributed by atoms with van der Waals surface area (Å²) < 4.78 is 10.5. The molecule has 7 heteroatoms. The van der Waals surface area contributed by atoms with Crippen molar-refractivity contribution in [3.8, 4) is 0 Å². The van der Waals surface area contributed by atoms with Crippen LogP contribution in [0.4, 0.5) is 0 Å². The van der Waals surface area contributed by atoms with E-state index in [1.807, 2.05) is 18.0 Å². The van der Waals surface area contributed by atoms with Gasteiger partial charge in [-0.2, -0.15) is 0 Å². The normalized spacial score (nSPS) is 26.8. The van der Waals surface area contributed by atoms with Crippen LogP contribution in [0.25, 0.3) is 0 Å². The summed E-state index contributed by atoms with van der Waals surface area (Å²) in [5, 5.41) is 7.46. The van der Waals surface area contributed by atoms with E-state index in [-0.39, 0.29) is 35.0 Å². The van der Waals surface area contributed by atoms with Crippen LogP contribution in [-0.4, -0.2) is 48.9 Å². The van der Waals surface area contributed by atoms with Crippen LogP contribution < -0.4 is 5.32 Å². The minimum Gasteiger partial charge on any atom is -0.378 e. The number of guanidine groups is 1. The highest BCUT2D eigenvalue weighted by Crippen LogP contribution is 2.51. The van der Waals surface area contributed by atoms with Crippen molar-refractivity contribution in [1.82, 2.24) is 15.4 Å². The molecule has 22 heavy (non-hydrogen) atoms. The van der Waals surface area contributed by atoms with Gasteiger partial charge < -0.3 is 19.5 Å². The fraction of sp³-hybridized carbons (Fsp3) is 0.733. The largest absolute Gasteiger partial charge is 0.378 e. The predicted octanol–water partition coefficient (Wildman–Crippen LogP) is 2.50. The molecule has 126 valence electrons. The molecule has 0 bridgehead atoms. The van der Waals surface area contributed by atoms with Crippen molar-refractivity contribution in [2.24, 2.45) is 10.4 Å². The van der Waals surface area contributed by atoms with E-state index in [4.69, 9.17) is 9.26 Å². The summed E-state index contributed by atoms with van der Waals surface area (Å²) in [7, 11) is 5.57. The lowest BCUT2D eigenvalue weighted by Gasteiger charge is -2.59. The Morgan fingerprint density at radius 2 is 2.23 bits per heavy atom. The van der Waals surface area contributed by atoms with E-state index < -0.39 is 0 Å². The number of nitrogens with zero attached hydrogens (tertiary/aromatic N) is 3. The fourth-order valence-electron chi connectivity index (χ4n) is 2.86. The summed E-state index contributed by atoms with van der Waals surface area (Å²) in [5.74, 6) is 0.856. The molecule has 0 aromatic carbocycles. The lowest BCUT2D eigenvalue weighted by molar-refractivity contribution is -0.176. The molecule has 1 aromatic heterocycles. The van der Waals surface area contributed by atoms with Gasteiger partial charge >= 0.3 is 0 Å². The van der Waals surface area contributed by atoms with Gasteiger partial charge in [0.15, 0.2) is 5.96 Å². The Morgan fingerprint density at radius 3 is 2.68 bits per heavy atom. The van der Waals surface area contributed by atoms with Crippen molar-refractivity contribution in [3.05, 3.63) is 18.0 Å². The van der Waals surface area contributed by atoms with Gasteiger partial charge in [-0.3, -0.25) is 4.99 Å². The Balaban J connectivity index is 0.00000242. The number of hydrogen-bond acceptors (Lipinski definition) is 4. The molecule has 6 nitrogen and oxygen atoms in total. The first-order valence-corrected chi connectivity index (χ1v) is 7.23. The van der Waals surface area contributed by atoms with E-state index in [1.54, 1.807) is 20.4 Å². The van der Waals surface area contributed by atoms with Gasteiger partial charge in [-0.15, -0.1) is 24.0 Å². The Kier molecular flexibility index (Phi) is 6.26. The van der Waals surface area contributed by atoms with E-state index in [0.29, 0.717) is 12.6 Å². The summed E-state index contributed by atoms with van der Waals surface area (Å²) >= 11 is 0. The van der Waals surface area contributed by atoms with Gasteiger partial charge in [-0.1, -0.05) is 19.0 Å². The molecule has 2 rings (SSSR count). The molecule has 1 saturated carbocycles. The van der Waals surface area contributed by atoms with Gasteiger partial charge in [-0.25, -0.2) is 0 Å². The Bertz CT molecular complexity index is 504. The molecule has 1 aromatic rings. The van der Waals surface area contributed by atoms with Crippen molar-refractivity contribution in [2.45, 2.75) is 45.4 Å². The van der Waals surface area contributed by atoms with E-state index in [9.17, 15) is 0 Å². The lowest BCUT2D eigenvalue weighted by Crippen LogP contribution is -2.69. The average Bonchev–Trinajstić information content (AvgIpc) is 2.95. The van der Waals surface area contributed by atoms with E-state index in [1.165, 1.54) is 0 Å². The number of rotatable bonds is 4. The highest BCUT2D eigenvalue weighted by molar-refractivity contribution is 14.0. The molecule has 0 amide bonds. The second-order valence-electron chi connectivity index (χ2n) is 6.45. The second-order valence-corrected chi connectivity index (χ2v) is 6.45. The maximum Gasteiger partial charge on any atom is 0.193 e. The van der Waals surface area contributed by atoms with Crippen molar-refractivity contribution in [2.75, 3.05) is 21.2 Å². The van der Waals surface area contributed by atoms with Crippen LogP contribution in [0.2, 0.25) is 0 Å². The van der Waals surface area contributed by atoms with Gasteiger partial charge in [0.1, 0.15) is 12.0 Å². The smallest absolute Gasteiger partial charge is 0.193 e. The molecule has 1 fully saturated rings. The van der Waals surface area contributed by atoms with Crippen LogP contribution in [0.3, 0.4) is 0 Å². The van der Waals surface area contributed by atoms with Gasteiger partial charge in [-0.05, 0) is 13.3 Å². The standard InChI is InChI=1S/C15H26N4O2.HI/c1-14(2)12(9-15(14,3)20-6)17-13(16-4)19(5)10-11-7-8-21-18-11;/h7-8,12H,9-10H2,1-6H3,(H,16,17);1H. The van der Waals surface area contributed by atoms with Crippen molar-refractivity contribution < 1.29 is 9.26 Å². The predicted molar refractivity (Wildman–Crippen MR) is 97.5 cm³/mol. The van der Waals surface area contributed by atoms with E-state index >= 15 is 0 Å². The van der Waals surface area contributed by atoms with Crippen molar-refractivity contribution in [3.63, 3.8) is 0 Å². The number of aliphatic imine (C=N–C) groups is 1. The van der Waals surface area contributed by atoms with Gasteiger partial charge in [0.05, 0.1) is 12.1 Å². The van der Waals surface area contributed by atoms with Crippen molar-refractivity contribution >= 4 is 29.9 Å². The van der Waals surface area contributed by atoms with Gasteiger partial charge in [0.25, 0.3) is 0 Å². The van der Waals surface area contributed by atoms with Gasteiger partial charge in [0, 0.05) is 38.7 Å². The quantitative estimate of drug-likeness (QED) is 0.459. The second kappa shape index (κ2) is 7.16. The highest BCUT2D eigenvalue weighted by Gasteiger charge is 2.58. The Hall–Kier alpha value is -0.830. The number of nitrogens with one attached hydrogen (secondary N) is 1. The van der Waals surface area contributed by atoms with E-state index in [0.717, 1.165) is 18.1 Å². The van der Waals surface area contributed by atoms with Crippen LogP contribution in [0.1, 0.15) is 32.9 Å². The minimum atomic E-state index is -0.0891. The summed E-state index contributed by atoms with van der Waals surface area (Å²) in [4.78, 5) is 6.40. The third-order valence-electron chi connectivity index (χ3n) is 5.05. The molecule has 0 radical (unpaired) electrons. The molecule has 2 atom stereocenters. The lowest BCUT2D eigenvalue weighted by atomic mass is 9.56. The van der Waals surface area contributed by atoms with E-state index in [2.05, 4.69) is 36.2 Å². The molecule has 0 saturated heterocycles. The zero-order valence-corrected chi connectivity index (χ0v) is 16.5. The minimum absolute atomic E-state index is 0. The molecule has 1 heterocycles. The third-order valence-corrected chi connectivity index (χ3v) is 5.05. The first kappa shape index (κ1) is 19.2. The molecule has 1 N–H and O–H groups in total. The van der Waals surface area contributed by atoms with Crippen LogP contribution >= 0.6 is 24.0 Å². The zero-order valence-electron chi connectivity index (χ0n) is 14.2. The molecule has 2 unspecified atom stereocenters. The molecule has 0 spiro atoms. The van der Waals surface area contributed by atoms with Crippen LogP contribution in [0, 0.1) is 5.41 Å². The summed E-state index contributed by atoms with van der Waals surface area (Å²) in [6.07, 6.45) is 2.55. The molecule has 1 aliphatic carbocycles. The first-order chi connectivity index (χ1) is 9.84. The summed E-state index contributed by atoms with van der Waals surface area (Å²) in [6.45, 7) is 7.27. The first-order valence-electron chi connectivity index (χ1n) is 7.23. The fourth-order valence-corrected chi connectivity index (χ4v) is 2.86. The SMILES string of the molecule is CN=C(NC1CC(C)(OC)C1(C)C)N(C)Cc1ccon1.I. The monoisotopic (exact) mass is 422 g/mol. The number of hydrogen-bond donors (Lipinski definition) is 1. The maximum atomic E-state index is 5.66. The molecular formula is C15H27IN4O2. The number of aromatic nitrogens is 1. The summed E-state index contributed by atoms with van der Waals surface area (Å²) in [6, 6.07) is 2.19. The zero-order chi connectivity index (χ0) is 15.7. The topological polar surface area (TPSA) is 62.9 Å². The summed E-state index contributed by atoms with van der Waals surface area (Å²) in [5.41, 5.74) is 0.843. The number of methoxy groups -OCH3 is 1. The average molecular weight is 422 g/mol.